The van der Waals surface area contributed by atoms with Gasteiger partial charge in [0.1, 0.15) is 18.4 Å². The quantitative estimate of drug-likeness (QED) is 0.445. The fraction of sp³-hybridized carbons (Fsp3) is 0.444. The van der Waals surface area contributed by atoms with E-state index < -0.39 is 0 Å². The Morgan fingerprint density at radius 3 is 2.44 bits per heavy atom. The third-order valence-corrected chi connectivity index (χ3v) is 6.95. The van der Waals surface area contributed by atoms with Crippen molar-refractivity contribution >= 4 is 17.3 Å². The van der Waals surface area contributed by atoms with Crippen molar-refractivity contribution in [1.82, 2.24) is 14.8 Å². The Morgan fingerprint density at radius 1 is 1.06 bits per heavy atom. The van der Waals surface area contributed by atoms with E-state index in [1.807, 2.05) is 28.9 Å². The molecular weight excluding hydrogens is 458 g/mol. The van der Waals surface area contributed by atoms with Crippen molar-refractivity contribution in [3.05, 3.63) is 66.2 Å². The first-order chi connectivity index (χ1) is 17.6. The zero-order chi connectivity index (χ0) is 24.9. The first-order valence-corrected chi connectivity index (χ1v) is 12.4. The highest BCUT2D eigenvalue weighted by Crippen LogP contribution is 2.28. The minimum Gasteiger partial charge on any atom is -0.493 e. The molecule has 9 heteroatoms. The summed E-state index contributed by atoms with van der Waals surface area (Å²) < 4.78 is 18.7. The molecule has 0 saturated carbocycles. The number of ether oxygens (including phenoxy) is 3. The number of aromatic nitrogens is 3. The lowest BCUT2D eigenvalue weighted by Crippen LogP contribution is -2.46. The van der Waals surface area contributed by atoms with Gasteiger partial charge >= 0.3 is 5.97 Å². The normalized spacial score (nSPS) is 19.9. The average Bonchev–Trinajstić information content (AvgIpc) is 3.60. The van der Waals surface area contributed by atoms with Crippen LogP contribution in [0.15, 0.2) is 55.1 Å². The Bertz CT molecular complexity index is 1140. The molecule has 0 spiro atoms. The number of nitrogens with zero attached hydrogens (tertiary/aromatic N) is 5. The average molecular weight is 492 g/mol. The summed E-state index contributed by atoms with van der Waals surface area (Å²) in [6.45, 7) is 7.93. The van der Waals surface area contributed by atoms with Crippen LogP contribution in [0.3, 0.4) is 0 Å². The highest BCUT2D eigenvalue weighted by molar-refractivity contribution is 5.89. The van der Waals surface area contributed by atoms with Gasteiger partial charge in [0.15, 0.2) is 0 Å². The number of hydrogen-bond acceptors (Lipinski definition) is 8. The van der Waals surface area contributed by atoms with E-state index >= 15 is 0 Å². The summed E-state index contributed by atoms with van der Waals surface area (Å²) in [6, 6.07) is 14.1. The van der Waals surface area contributed by atoms with E-state index in [0.29, 0.717) is 24.7 Å². The fourth-order valence-electron chi connectivity index (χ4n) is 4.91. The summed E-state index contributed by atoms with van der Waals surface area (Å²) in [6.07, 6.45) is 4.40. The number of carbonyl (C=O) groups is 1. The third-order valence-electron chi connectivity index (χ3n) is 6.95. The zero-order valence-corrected chi connectivity index (χ0v) is 20.9. The monoisotopic (exact) mass is 491 g/mol. The van der Waals surface area contributed by atoms with Gasteiger partial charge in [0, 0.05) is 43.5 Å². The highest BCUT2D eigenvalue weighted by Gasteiger charge is 2.27. The molecule has 2 atom stereocenters. The van der Waals surface area contributed by atoms with Crippen molar-refractivity contribution in [2.45, 2.75) is 26.0 Å². The number of hydrogen-bond donors (Lipinski definition) is 0. The van der Waals surface area contributed by atoms with E-state index in [1.165, 1.54) is 12.8 Å². The van der Waals surface area contributed by atoms with Crippen molar-refractivity contribution in [1.29, 1.82) is 0 Å². The lowest BCUT2D eigenvalue weighted by atomic mass is 10.1. The molecule has 5 rings (SSSR count). The maximum Gasteiger partial charge on any atom is 0.337 e. The largest absolute Gasteiger partial charge is 0.493 e. The minimum atomic E-state index is -0.307. The van der Waals surface area contributed by atoms with Crippen LogP contribution < -0.4 is 14.5 Å². The van der Waals surface area contributed by atoms with Crippen molar-refractivity contribution in [3.63, 3.8) is 0 Å². The fourth-order valence-corrected chi connectivity index (χ4v) is 4.91. The Labute approximate surface area is 211 Å². The van der Waals surface area contributed by atoms with E-state index in [1.54, 1.807) is 12.7 Å². The Hall–Kier alpha value is -3.59. The molecule has 2 fully saturated rings. The van der Waals surface area contributed by atoms with Gasteiger partial charge in [0.2, 0.25) is 0 Å². The summed E-state index contributed by atoms with van der Waals surface area (Å²) >= 11 is 0. The molecule has 0 unspecified atom stereocenters. The molecule has 0 aliphatic carbocycles. The number of methoxy groups -OCH3 is 1. The molecule has 2 aliphatic rings. The molecule has 0 N–H and O–H groups in total. The van der Waals surface area contributed by atoms with Crippen molar-refractivity contribution in [2.24, 2.45) is 5.92 Å². The zero-order valence-electron chi connectivity index (χ0n) is 20.9. The van der Waals surface area contributed by atoms with Gasteiger partial charge in [0.05, 0.1) is 38.5 Å². The van der Waals surface area contributed by atoms with E-state index in [2.05, 4.69) is 45.0 Å². The highest BCUT2D eigenvalue weighted by atomic mass is 16.5. The maximum atomic E-state index is 11.7. The van der Waals surface area contributed by atoms with Gasteiger partial charge in [-0.15, -0.1) is 0 Å². The van der Waals surface area contributed by atoms with Crippen LogP contribution in [0.2, 0.25) is 0 Å². The van der Waals surface area contributed by atoms with Crippen LogP contribution in [0.25, 0.3) is 0 Å². The molecule has 36 heavy (non-hydrogen) atoms. The summed E-state index contributed by atoms with van der Waals surface area (Å²) in [5.74, 6) is 1.01. The molecule has 0 amide bonds. The lowest BCUT2D eigenvalue weighted by Gasteiger charge is -2.37. The van der Waals surface area contributed by atoms with Gasteiger partial charge < -0.3 is 24.0 Å². The number of carbonyl (C=O) groups excluding carboxylic acids is 1. The molecule has 190 valence electrons. The van der Waals surface area contributed by atoms with Crippen LogP contribution in [-0.2, 0) is 16.0 Å². The molecule has 3 aromatic rings. The Kier molecular flexibility index (Phi) is 7.36. The van der Waals surface area contributed by atoms with E-state index in [4.69, 9.17) is 14.2 Å². The number of benzene rings is 2. The molecule has 0 radical (unpaired) electrons. The van der Waals surface area contributed by atoms with E-state index in [0.717, 1.165) is 56.1 Å². The SMILES string of the molecule is COC(=O)c1ccc(N2CCN(c3ccc(OC[C@@H]4CO[C@H](Cn5cncn5)C4)c(C)c3)CC2)cc1. The predicted octanol–water partition coefficient (Wildman–Crippen LogP) is 3.18. The van der Waals surface area contributed by atoms with Crippen LogP contribution in [0.1, 0.15) is 22.3 Å². The van der Waals surface area contributed by atoms with Gasteiger partial charge in [0.25, 0.3) is 0 Å². The molecule has 2 saturated heterocycles. The van der Waals surface area contributed by atoms with Crippen molar-refractivity contribution in [2.75, 3.05) is 56.3 Å². The smallest absolute Gasteiger partial charge is 0.337 e. The Balaban J connectivity index is 1.10. The van der Waals surface area contributed by atoms with E-state index in [9.17, 15) is 4.79 Å². The second-order valence-corrected chi connectivity index (χ2v) is 9.45. The van der Waals surface area contributed by atoms with Crippen LogP contribution in [-0.4, -0.2) is 73.3 Å². The molecule has 0 bridgehead atoms. The predicted molar refractivity (Wildman–Crippen MR) is 137 cm³/mol. The van der Waals surface area contributed by atoms with Gasteiger partial charge in [-0.1, -0.05) is 0 Å². The summed E-state index contributed by atoms with van der Waals surface area (Å²) in [5, 5.41) is 4.16. The van der Waals surface area contributed by atoms with Crippen LogP contribution in [0, 0.1) is 12.8 Å². The maximum absolute atomic E-state index is 11.7. The number of anilines is 2. The minimum absolute atomic E-state index is 0.160. The second-order valence-electron chi connectivity index (χ2n) is 9.45. The van der Waals surface area contributed by atoms with Gasteiger partial charge in [-0.2, -0.15) is 5.10 Å². The van der Waals surface area contributed by atoms with Crippen molar-refractivity contribution < 1.29 is 19.0 Å². The lowest BCUT2D eigenvalue weighted by molar-refractivity contribution is 0.0600. The molecule has 2 aliphatic heterocycles. The molecular formula is C27H33N5O4. The van der Waals surface area contributed by atoms with Gasteiger partial charge in [-0.05, 0) is 61.4 Å². The van der Waals surface area contributed by atoms with Crippen LogP contribution in [0.4, 0.5) is 11.4 Å². The number of piperazine rings is 1. The summed E-state index contributed by atoms with van der Waals surface area (Å²) in [7, 11) is 1.40. The molecule has 3 heterocycles. The van der Waals surface area contributed by atoms with Gasteiger partial charge in [-0.25, -0.2) is 9.78 Å². The second kappa shape index (κ2) is 11.0. The third kappa shape index (κ3) is 5.62. The van der Waals surface area contributed by atoms with Crippen LogP contribution >= 0.6 is 0 Å². The van der Waals surface area contributed by atoms with Crippen LogP contribution in [0.5, 0.6) is 5.75 Å². The molecule has 9 nitrogen and oxygen atoms in total. The molecule has 1 aromatic heterocycles. The Morgan fingerprint density at radius 2 is 1.78 bits per heavy atom. The van der Waals surface area contributed by atoms with Crippen molar-refractivity contribution in [3.8, 4) is 5.75 Å². The topological polar surface area (TPSA) is 82.0 Å². The standard InChI is InChI=1S/C27H33N5O4/c1-20-13-24(31-11-9-30(10-12-31)23-5-3-22(4-6-23)27(33)34-2)7-8-26(20)36-17-21-14-25(35-16-21)15-32-19-28-18-29-32/h3-8,13,18-19,21,25H,9-12,14-17H2,1-2H3/t21-,25-/m0/s1. The van der Waals surface area contributed by atoms with E-state index in [-0.39, 0.29) is 12.1 Å². The summed E-state index contributed by atoms with van der Waals surface area (Å²) in [4.78, 5) is 20.4. The number of rotatable bonds is 8. The molecule has 2 aromatic carbocycles. The first-order valence-electron chi connectivity index (χ1n) is 12.4. The van der Waals surface area contributed by atoms with Gasteiger partial charge in [-0.3, -0.25) is 4.68 Å². The number of esters is 1. The number of aryl methyl sites for hydroxylation is 1. The summed E-state index contributed by atoms with van der Waals surface area (Å²) in [5.41, 5.74) is 4.07. The first kappa shape index (κ1) is 24.1.